The molecule has 0 aliphatic rings. The zero-order chi connectivity index (χ0) is 15.2. The molecule has 1 N–H and O–H groups in total. The Balaban J connectivity index is 2.78. The van der Waals surface area contributed by atoms with Gasteiger partial charge in [-0.25, -0.2) is 0 Å². The second-order valence-electron chi connectivity index (χ2n) is 3.86. The first-order valence-electron chi connectivity index (χ1n) is 5.77. The van der Waals surface area contributed by atoms with E-state index in [1.165, 1.54) is 12.3 Å². The molecule has 0 aliphatic carbocycles. The van der Waals surface area contributed by atoms with E-state index >= 15 is 0 Å². The van der Waals surface area contributed by atoms with Gasteiger partial charge in [-0.2, -0.15) is 13.2 Å². The second kappa shape index (κ2) is 6.83. The fraction of sp³-hybridized carbons (Fsp3) is 0.308. The largest absolute Gasteiger partial charge is 0.405 e. The van der Waals surface area contributed by atoms with Crippen LogP contribution in [-0.2, 0) is 0 Å². The molecule has 0 fully saturated rings. The zero-order valence-corrected chi connectivity index (χ0v) is 11.0. The standard InChI is InChI=1S/C13H14F3N3O/c1-3-9(6-17-2)11-5-4-10(7-18-11)12(20)19-8-13(14,15)16/h3-7H,8H2,1-2H3,(H,19,20)/b9-3+,17-6?. The maximum atomic E-state index is 12.0. The van der Waals surface area contributed by atoms with E-state index in [0.717, 1.165) is 5.57 Å². The SMILES string of the molecule is C/C=C(\C=NC)c1ccc(C(=O)NCC(F)(F)F)cn1. The predicted octanol–water partition coefficient (Wildman–Crippen LogP) is 2.48. The highest BCUT2D eigenvalue weighted by atomic mass is 19.4. The summed E-state index contributed by atoms with van der Waals surface area (Å²) in [5.41, 5.74) is 1.42. The number of allylic oxidation sites excluding steroid dienone is 2. The number of aliphatic imine (C=N–C) groups is 1. The van der Waals surface area contributed by atoms with Crippen molar-refractivity contribution in [1.82, 2.24) is 10.3 Å². The summed E-state index contributed by atoms with van der Waals surface area (Å²) in [4.78, 5) is 19.4. The van der Waals surface area contributed by atoms with Gasteiger partial charge in [-0.05, 0) is 19.1 Å². The molecule has 0 unspecified atom stereocenters. The molecule has 0 aromatic carbocycles. The van der Waals surface area contributed by atoms with Gasteiger partial charge in [-0.1, -0.05) is 6.08 Å². The van der Waals surface area contributed by atoms with Crippen molar-refractivity contribution in [3.8, 4) is 0 Å². The van der Waals surface area contributed by atoms with Crippen LogP contribution in [0.3, 0.4) is 0 Å². The molecule has 0 saturated carbocycles. The molecule has 108 valence electrons. The fourth-order valence-corrected chi connectivity index (χ4v) is 1.41. The molecule has 0 atom stereocenters. The molecule has 1 aromatic heterocycles. The summed E-state index contributed by atoms with van der Waals surface area (Å²) in [6, 6.07) is 2.97. The normalized spacial score (nSPS) is 12.8. The summed E-state index contributed by atoms with van der Waals surface area (Å²) < 4.78 is 35.9. The van der Waals surface area contributed by atoms with E-state index in [2.05, 4.69) is 9.98 Å². The van der Waals surface area contributed by atoms with Gasteiger partial charge in [-0.15, -0.1) is 0 Å². The lowest BCUT2D eigenvalue weighted by molar-refractivity contribution is -0.123. The smallest absolute Gasteiger partial charge is 0.343 e. The summed E-state index contributed by atoms with van der Waals surface area (Å²) in [6.45, 7) is 0.443. The molecule has 7 heteroatoms. The van der Waals surface area contributed by atoms with Gasteiger partial charge in [-0.3, -0.25) is 14.8 Å². The quantitative estimate of drug-likeness (QED) is 0.864. The number of amides is 1. The first-order valence-corrected chi connectivity index (χ1v) is 5.77. The van der Waals surface area contributed by atoms with Gasteiger partial charge in [0.1, 0.15) is 6.54 Å². The Labute approximate surface area is 114 Å². The van der Waals surface area contributed by atoms with Gasteiger partial charge in [0.25, 0.3) is 5.91 Å². The van der Waals surface area contributed by atoms with Gasteiger partial charge in [0, 0.05) is 25.0 Å². The third-order valence-corrected chi connectivity index (χ3v) is 2.35. The van der Waals surface area contributed by atoms with Crippen molar-refractivity contribution < 1.29 is 18.0 Å². The van der Waals surface area contributed by atoms with Crippen LogP contribution in [0.1, 0.15) is 23.0 Å². The number of hydrogen-bond donors (Lipinski definition) is 1. The van der Waals surface area contributed by atoms with E-state index in [4.69, 9.17) is 0 Å². The number of carbonyl (C=O) groups is 1. The van der Waals surface area contributed by atoms with Crippen molar-refractivity contribution >= 4 is 17.7 Å². The minimum atomic E-state index is -4.43. The summed E-state index contributed by atoms with van der Waals surface area (Å²) in [5.74, 6) is -0.812. The van der Waals surface area contributed by atoms with Gasteiger partial charge in [0.05, 0.1) is 11.3 Å². The Bertz CT molecular complexity index is 519. The summed E-state index contributed by atoms with van der Waals surface area (Å²) in [5, 5.41) is 1.78. The lowest BCUT2D eigenvalue weighted by atomic mass is 10.1. The number of nitrogens with one attached hydrogen (secondary N) is 1. The zero-order valence-electron chi connectivity index (χ0n) is 11.0. The van der Waals surface area contributed by atoms with Crippen molar-refractivity contribution in [2.45, 2.75) is 13.1 Å². The maximum absolute atomic E-state index is 12.0. The van der Waals surface area contributed by atoms with Crippen LogP contribution in [0.15, 0.2) is 29.4 Å². The number of nitrogens with zero attached hydrogens (tertiary/aromatic N) is 2. The minimum Gasteiger partial charge on any atom is -0.343 e. The van der Waals surface area contributed by atoms with Gasteiger partial charge in [0.15, 0.2) is 0 Å². The average Bonchev–Trinajstić information content (AvgIpc) is 2.41. The van der Waals surface area contributed by atoms with Crippen molar-refractivity contribution in [1.29, 1.82) is 0 Å². The molecule has 0 spiro atoms. The molecule has 1 heterocycles. The number of carbonyl (C=O) groups excluding carboxylic acids is 1. The minimum absolute atomic E-state index is 0.0712. The number of hydrogen-bond acceptors (Lipinski definition) is 3. The molecule has 0 aliphatic heterocycles. The molecule has 1 rings (SSSR count). The molecular formula is C13H14F3N3O. The summed E-state index contributed by atoms with van der Waals surface area (Å²) in [6.07, 6.45) is 0.192. The van der Waals surface area contributed by atoms with Crippen LogP contribution in [0, 0.1) is 0 Å². The van der Waals surface area contributed by atoms with Crippen molar-refractivity contribution in [3.05, 3.63) is 35.7 Å². The van der Waals surface area contributed by atoms with E-state index in [1.807, 2.05) is 6.92 Å². The second-order valence-corrected chi connectivity index (χ2v) is 3.86. The van der Waals surface area contributed by atoms with E-state index < -0.39 is 18.6 Å². The van der Waals surface area contributed by atoms with Crippen molar-refractivity contribution in [2.24, 2.45) is 4.99 Å². The van der Waals surface area contributed by atoms with Crippen LogP contribution in [0.5, 0.6) is 0 Å². The Hall–Kier alpha value is -2.18. The Morgan fingerprint density at radius 2 is 2.15 bits per heavy atom. The Kier molecular flexibility index (Phi) is 5.42. The number of pyridine rings is 1. The van der Waals surface area contributed by atoms with Crippen molar-refractivity contribution in [2.75, 3.05) is 13.6 Å². The third-order valence-electron chi connectivity index (χ3n) is 2.35. The van der Waals surface area contributed by atoms with Gasteiger partial charge < -0.3 is 5.32 Å². The monoisotopic (exact) mass is 285 g/mol. The number of aromatic nitrogens is 1. The number of rotatable bonds is 4. The molecule has 0 saturated heterocycles. The van der Waals surface area contributed by atoms with Crippen LogP contribution < -0.4 is 5.32 Å². The highest BCUT2D eigenvalue weighted by Gasteiger charge is 2.27. The average molecular weight is 285 g/mol. The van der Waals surface area contributed by atoms with Gasteiger partial charge >= 0.3 is 6.18 Å². The molecule has 0 radical (unpaired) electrons. The molecule has 20 heavy (non-hydrogen) atoms. The first kappa shape index (κ1) is 15.9. The van der Waals surface area contributed by atoms with E-state index in [9.17, 15) is 18.0 Å². The van der Waals surface area contributed by atoms with E-state index in [-0.39, 0.29) is 5.56 Å². The highest BCUT2D eigenvalue weighted by molar-refractivity contribution is 6.09. The topological polar surface area (TPSA) is 54.4 Å². The molecule has 4 nitrogen and oxygen atoms in total. The van der Waals surface area contributed by atoms with Crippen LogP contribution in [0.4, 0.5) is 13.2 Å². The first-order chi connectivity index (χ1) is 9.37. The van der Waals surface area contributed by atoms with Crippen LogP contribution in [0.2, 0.25) is 0 Å². The Morgan fingerprint density at radius 3 is 2.60 bits per heavy atom. The highest BCUT2D eigenvalue weighted by Crippen LogP contribution is 2.13. The third kappa shape index (κ3) is 4.83. The van der Waals surface area contributed by atoms with Crippen LogP contribution in [0.25, 0.3) is 5.57 Å². The molecule has 1 amide bonds. The lowest BCUT2D eigenvalue weighted by Crippen LogP contribution is -2.33. The molecule has 0 bridgehead atoms. The van der Waals surface area contributed by atoms with Crippen LogP contribution in [-0.4, -0.2) is 36.9 Å². The predicted molar refractivity (Wildman–Crippen MR) is 70.7 cm³/mol. The van der Waals surface area contributed by atoms with Gasteiger partial charge in [0.2, 0.25) is 0 Å². The number of alkyl halides is 3. The molecule has 1 aromatic rings. The van der Waals surface area contributed by atoms with Crippen molar-refractivity contribution in [3.63, 3.8) is 0 Å². The lowest BCUT2D eigenvalue weighted by Gasteiger charge is -2.08. The van der Waals surface area contributed by atoms with E-state index in [0.29, 0.717) is 5.69 Å². The number of halogens is 3. The molecular weight excluding hydrogens is 271 g/mol. The summed E-state index contributed by atoms with van der Waals surface area (Å²) >= 11 is 0. The van der Waals surface area contributed by atoms with E-state index in [1.54, 1.807) is 30.7 Å². The maximum Gasteiger partial charge on any atom is 0.405 e. The Morgan fingerprint density at radius 1 is 1.45 bits per heavy atom. The van der Waals surface area contributed by atoms with Crippen LogP contribution >= 0.6 is 0 Å². The summed E-state index contributed by atoms with van der Waals surface area (Å²) in [7, 11) is 1.61. The fourth-order valence-electron chi connectivity index (χ4n) is 1.41.